The molecule has 1 aliphatic carbocycles. The Hall–Kier alpha value is -4.45. The summed E-state index contributed by atoms with van der Waals surface area (Å²) in [7, 11) is -0.387. The predicted molar refractivity (Wildman–Crippen MR) is 250 cm³/mol. The molecule has 1 heterocycles. The molecule has 5 heteroatoms. The summed E-state index contributed by atoms with van der Waals surface area (Å²) in [5, 5.41) is 0. The molecule has 5 aromatic rings. The van der Waals surface area contributed by atoms with E-state index >= 15 is 0 Å². The van der Waals surface area contributed by atoms with E-state index in [0.717, 1.165) is 41.7 Å². The van der Waals surface area contributed by atoms with Gasteiger partial charge in [0.25, 0.3) is 0 Å². The molecule has 0 spiro atoms. The molecule has 0 N–H and O–H groups in total. The molecule has 0 radical (unpaired) electrons. The first-order valence-electron chi connectivity index (χ1n) is 22.8. The van der Waals surface area contributed by atoms with Crippen LogP contribution in [0, 0.1) is 0 Å². The van der Waals surface area contributed by atoms with Crippen molar-refractivity contribution in [1.82, 2.24) is 0 Å². The van der Waals surface area contributed by atoms with Gasteiger partial charge in [0.1, 0.15) is 6.29 Å². The normalized spacial score (nSPS) is 15.9. The average Bonchev–Trinajstić information content (AvgIpc) is 3.65. The second-order valence-electron chi connectivity index (χ2n) is 18.2. The lowest BCUT2D eigenvalue weighted by molar-refractivity contribution is 0.00578. The van der Waals surface area contributed by atoms with Gasteiger partial charge in [0.05, 0.1) is 11.2 Å². The number of unbranched alkanes of at least 4 members (excludes halogenated alkanes) is 10. The molecule has 2 aliphatic rings. The van der Waals surface area contributed by atoms with E-state index < -0.39 is 11.2 Å². The topological polar surface area (TPSA) is 38.8 Å². The summed E-state index contributed by atoms with van der Waals surface area (Å²) in [6.45, 7) is 13.2. The fourth-order valence-electron chi connectivity index (χ4n) is 9.43. The van der Waals surface area contributed by atoms with Gasteiger partial charge in [-0.1, -0.05) is 152 Å². The number of fused-ring (bicyclic) bond motifs is 3. The maximum absolute atomic E-state index is 11.5. The largest absolute Gasteiger partial charge is 0.494 e. The summed E-state index contributed by atoms with van der Waals surface area (Å²) in [5.74, 6) is 0. The van der Waals surface area contributed by atoms with Crippen molar-refractivity contribution in [3.8, 4) is 22.3 Å². The first-order valence-corrected chi connectivity index (χ1v) is 22.8. The maximum Gasteiger partial charge on any atom is 0.494 e. The Balaban J connectivity index is 1.27. The van der Waals surface area contributed by atoms with Crippen LogP contribution in [0.4, 0.5) is 17.1 Å². The molecule has 0 atom stereocenters. The van der Waals surface area contributed by atoms with Crippen LogP contribution in [0.2, 0.25) is 0 Å². The molecule has 0 aromatic heterocycles. The number of nitrogens with zero attached hydrogens (tertiary/aromatic N) is 1. The first-order chi connectivity index (χ1) is 28.6. The summed E-state index contributed by atoms with van der Waals surface area (Å²) in [6, 6.07) is 41.6. The minimum atomic E-state index is -0.392. The second kappa shape index (κ2) is 18.9. The lowest BCUT2D eigenvalue weighted by Crippen LogP contribution is -2.41. The highest BCUT2D eigenvalue weighted by Crippen LogP contribution is 2.55. The molecule has 1 saturated heterocycles. The Bertz CT molecular complexity index is 2110. The zero-order valence-corrected chi connectivity index (χ0v) is 36.7. The number of rotatable bonds is 20. The number of hydrogen-bond acceptors (Lipinski definition) is 4. The Morgan fingerprint density at radius 3 is 1.56 bits per heavy atom. The van der Waals surface area contributed by atoms with E-state index in [-0.39, 0.29) is 12.5 Å². The van der Waals surface area contributed by atoms with E-state index in [1.807, 2.05) is 30.3 Å². The van der Waals surface area contributed by atoms with Crippen LogP contribution in [-0.4, -0.2) is 24.6 Å². The molecule has 4 nitrogen and oxygen atoms in total. The summed E-state index contributed by atoms with van der Waals surface area (Å²) in [6.07, 6.45) is 18.7. The highest BCUT2D eigenvalue weighted by atomic mass is 16.7. The predicted octanol–water partition coefficient (Wildman–Crippen LogP) is 14.7. The number of carbonyl (C=O) groups excluding carboxylic acids is 1. The maximum atomic E-state index is 11.5. The van der Waals surface area contributed by atoms with Gasteiger partial charge in [-0.15, -0.1) is 0 Å². The van der Waals surface area contributed by atoms with Crippen molar-refractivity contribution in [2.45, 2.75) is 148 Å². The van der Waals surface area contributed by atoms with Crippen molar-refractivity contribution in [3.05, 3.63) is 132 Å². The SMILES string of the molecule is CCCCCCCCC1(CCCCCCCC)c2cc(B3OC(C)(C)C(C)(C)O3)ccc2-c2ccc(-c3ccc(N(c4ccccc4)c4ccc(C=O)cc4)cc3)cc21. The highest BCUT2D eigenvalue weighted by Gasteiger charge is 2.52. The van der Waals surface area contributed by atoms with Crippen LogP contribution >= 0.6 is 0 Å². The summed E-state index contributed by atoms with van der Waals surface area (Å²) < 4.78 is 13.3. The lowest BCUT2D eigenvalue weighted by atomic mass is 9.68. The molecule has 59 heavy (non-hydrogen) atoms. The minimum Gasteiger partial charge on any atom is -0.399 e. The van der Waals surface area contributed by atoms with Gasteiger partial charge < -0.3 is 14.2 Å². The summed E-state index contributed by atoms with van der Waals surface area (Å²) in [5.41, 5.74) is 12.3. The summed E-state index contributed by atoms with van der Waals surface area (Å²) in [4.78, 5) is 13.7. The number of carbonyl (C=O) groups is 1. The smallest absolute Gasteiger partial charge is 0.399 e. The summed E-state index contributed by atoms with van der Waals surface area (Å²) >= 11 is 0. The van der Waals surface area contributed by atoms with E-state index in [0.29, 0.717) is 5.56 Å². The van der Waals surface area contributed by atoms with Gasteiger partial charge in [-0.05, 0) is 134 Å². The fourth-order valence-corrected chi connectivity index (χ4v) is 9.43. The van der Waals surface area contributed by atoms with E-state index in [9.17, 15) is 4.79 Å². The van der Waals surface area contributed by atoms with Crippen molar-refractivity contribution in [3.63, 3.8) is 0 Å². The molecule has 0 saturated carbocycles. The number of para-hydroxylation sites is 1. The first kappa shape index (κ1) is 42.7. The van der Waals surface area contributed by atoms with Gasteiger partial charge in [-0.2, -0.15) is 0 Å². The average molecular weight is 788 g/mol. The van der Waals surface area contributed by atoms with Crippen molar-refractivity contribution in [2.24, 2.45) is 0 Å². The molecular weight excluding hydrogens is 721 g/mol. The van der Waals surface area contributed by atoms with Crippen molar-refractivity contribution in [1.29, 1.82) is 0 Å². The molecule has 1 aliphatic heterocycles. The number of hydrogen-bond donors (Lipinski definition) is 0. The van der Waals surface area contributed by atoms with Crippen LogP contribution in [0.25, 0.3) is 22.3 Å². The van der Waals surface area contributed by atoms with Crippen LogP contribution in [0.1, 0.15) is 153 Å². The van der Waals surface area contributed by atoms with E-state index in [4.69, 9.17) is 9.31 Å². The molecule has 1 fully saturated rings. The Morgan fingerprint density at radius 2 is 1.00 bits per heavy atom. The van der Waals surface area contributed by atoms with Gasteiger partial charge in [0, 0.05) is 28.0 Å². The number of anilines is 3. The third-order valence-corrected chi connectivity index (χ3v) is 13.6. The fraction of sp³-hybridized carbons (Fsp3) is 0.426. The molecule has 0 unspecified atom stereocenters. The van der Waals surface area contributed by atoms with Crippen LogP contribution in [-0.2, 0) is 14.7 Å². The Labute approximate surface area is 355 Å². The van der Waals surface area contributed by atoms with Gasteiger partial charge in [-0.3, -0.25) is 4.79 Å². The van der Waals surface area contributed by atoms with E-state index in [2.05, 4.69) is 131 Å². The minimum absolute atomic E-state index is 0.0758. The second-order valence-corrected chi connectivity index (χ2v) is 18.2. The van der Waals surface area contributed by atoms with Crippen LogP contribution < -0.4 is 10.4 Å². The third kappa shape index (κ3) is 9.18. The van der Waals surface area contributed by atoms with Crippen LogP contribution in [0.5, 0.6) is 0 Å². The standard InChI is InChI=1S/C54H66BNO3/c1-7-9-11-13-15-20-36-54(37-21-16-14-12-10-8-2)50-38-43(28-34-48(50)49-35-29-44(39-51(49)54)55-58-52(3,4)53(5,6)59-55)42-26-32-47(33-27-42)56(45-22-18-17-19-23-45)46-30-24-41(40-57)25-31-46/h17-19,22-35,38-40H,7-16,20-21,36-37H2,1-6H3. The monoisotopic (exact) mass is 788 g/mol. The molecule has 308 valence electrons. The van der Waals surface area contributed by atoms with Gasteiger partial charge >= 0.3 is 7.12 Å². The zero-order chi connectivity index (χ0) is 41.5. The quantitative estimate of drug-likeness (QED) is 0.0447. The Morgan fingerprint density at radius 1 is 0.525 bits per heavy atom. The number of benzene rings is 5. The van der Waals surface area contributed by atoms with Gasteiger partial charge in [0.2, 0.25) is 0 Å². The molecule has 0 amide bonds. The van der Waals surface area contributed by atoms with Crippen molar-refractivity contribution in [2.75, 3.05) is 4.90 Å². The molecule has 5 aromatic carbocycles. The van der Waals surface area contributed by atoms with Gasteiger partial charge in [0.15, 0.2) is 0 Å². The molecular formula is C54H66BNO3. The van der Waals surface area contributed by atoms with Crippen LogP contribution in [0.15, 0.2) is 115 Å². The molecule has 7 rings (SSSR count). The van der Waals surface area contributed by atoms with Crippen molar-refractivity contribution >= 4 is 35.9 Å². The van der Waals surface area contributed by atoms with Crippen molar-refractivity contribution < 1.29 is 14.1 Å². The lowest BCUT2D eigenvalue weighted by Gasteiger charge is -2.33. The Kier molecular flexibility index (Phi) is 13.6. The number of aldehydes is 1. The van der Waals surface area contributed by atoms with Crippen LogP contribution in [0.3, 0.4) is 0 Å². The van der Waals surface area contributed by atoms with Gasteiger partial charge in [-0.25, -0.2) is 0 Å². The third-order valence-electron chi connectivity index (χ3n) is 13.6. The highest BCUT2D eigenvalue weighted by molar-refractivity contribution is 6.62. The van der Waals surface area contributed by atoms with E-state index in [1.165, 1.54) is 110 Å². The van der Waals surface area contributed by atoms with E-state index in [1.54, 1.807) is 0 Å². The molecule has 0 bridgehead atoms. The zero-order valence-electron chi connectivity index (χ0n) is 36.7.